The minimum Gasteiger partial charge on any atom is -0.357 e. The summed E-state index contributed by atoms with van der Waals surface area (Å²) in [6.45, 7) is 8.46. The van der Waals surface area contributed by atoms with Crippen LogP contribution in [-0.2, 0) is 11.3 Å². The van der Waals surface area contributed by atoms with Crippen molar-refractivity contribution in [3.8, 4) is 0 Å². The Labute approximate surface area is 167 Å². The Kier molecular flexibility index (Phi) is 7.65. The van der Waals surface area contributed by atoms with Crippen molar-refractivity contribution in [3.63, 3.8) is 0 Å². The lowest BCUT2D eigenvalue weighted by molar-refractivity contribution is -0.139. The average molecular weight is 390 g/mol. The topological polar surface area (TPSA) is 60.0 Å². The summed E-state index contributed by atoms with van der Waals surface area (Å²) in [4.78, 5) is 21.3. The summed E-state index contributed by atoms with van der Waals surface area (Å²) in [5.41, 5.74) is 0.851. The summed E-state index contributed by atoms with van der Waals surface area (Å²) >= 11 is 0. The highest BCUT2D eigenvalue weighted by atomic mass is 19.1. The Balaban J connectivity index is 1.38. The van der Waals surface area contributed by atoms with Gasteiger partial charge < -0.3 is 15.5 Å². The highest BCUT2D eigenvalue weighted by molar-refractivity contribution is 5.80. The quantitative estimate of drug-likeness (QED) is 0.552. The Morgan fingerprint density at radius 3 is 2.64 bits per heavy atom. The molecular weight excluding hydrogens is 357 g/mol. The molecule has 7 heteroatoms. The van der Waals surface area contributed by atoms with Gasteiger partial charge in [-0.05, 0) is 37.5 Å². The first kappa shape index (κ1) is 20.6. The monoisotopic (exact) mass is 389 g/mol. The maximum Gasteiger partial charge on any atom is 0.225 e. The summed E-state index contributed by atoms with van der Waals surface area (Å²) in [5, 5.41) is 6.57. The summed E-state index contributed by atoms with van der Waals surface area (Å²) in [6, 6.07) is 6.53. The summed E-state index contributed by atoms with van der Waals surface area (Å²) in [5.74, 6) is 1.17. The number of carbonyl (C=O) groups is 1. The molecule has 0 aromatic heterocycles. The largest absolute Gasteiger partial charge is 0.357 e. The van der Waals surface area contributed by atoms with Crippen molar-refractivity contribution in [2.24, 2.45) is 10.9 Å². The Morgan fingerprint density at radius 2 is 2.00 bits per heavy atom. The summed E-state index contributed by atoms with van der Waals surface area (Å²) in [7, 11) is 0. The van der Waals surface area contributed by atoms with Crippen LogP contribution in [0, 0.1) is 11.7 Å². The number of hydrogen-bond acceptors (Lipinski definition) is 3. The van der Waals surface area contributed by atoms with Crippen molar-refractivity contribution in [3.05, 3.63) is 35.6 Å². The number of carbonyl (C=O) groups excluding carboxylic acids is 1. The molecule has 28 heavy (non-hydrogen) atoms. The van der Waals surface area contributed by atoms with E-state index in [1.165, 1.54) is 18.6 Å². The van der Waals surface area contributed by atoms with E-state index in [4.69, 9.17) is 0 Å². The van der Waals surface area contributed by atoms with E-state index in [-0.39, 0.29) is 5.82 Å². The molecule has 1 saturated carbocycles. The van der Waals surface area contributed by atoms with Gasteiger partial charge in [-0.25, -0.2) is 9.38 Å². The molecule has 1 aliphatic heterocycles. The van der Waals surface area contributed by atoms with E-state index in [9.17, 15) is 9.18 Å². The second-order valence-corrected chi connectivity index (χ2v) is 7.55. The van der Waals surface area contributed by atoms with Gasteiger partial charge in [0.1, 0.15) is 5.82 Å². The molecule has 1 aromatic carbocycles. The Bertz CT molecular complexity index is 669. The van der Waals surface area contributed by atoms with Crippen LogP contribution in [0.2, 0.25) is 0 Å². The van der Waals surface area contributed by atoms with Gasteiger partial charge in [0.15, 0.2) is 5.96 Å². The van der Waals surface area contributed by atoms with Crippen molar-refractivity contribution in [1.82, 2.24) is 20.4 Å². The van der Waals surface area contributed by atoms with E-state index in [1.807, 2.05) is 17.9 Å². The SMILES string of the molecule is CCNC(=NCc1cccc(F)c1)NCCN1CCN(C(=O)C2CCC2)CC1. The van der Waals surface area contributed by atoms with Gasteiger partial charge in [-0.2, -0.15) is 0 Å². The van der Waals surface area contributed by atoms with Crippen LogP contribution < -0.4 is 10.6 Å². The van der Waals surface area contributed by atoms with E-state index >= 15 is 0 Å². The van der Waals surface area contributed by atoms with Gasteiger partial charge in [-0.1, -0.05) is 18.6 Å². The third-order valence-electron chi connectivity index (χ3n) is 5.51. The molecule has 2 aliphatic rings. The van der Waals surface area contributed by atoms with Gasteiger partial charge in [-0.3, -0.25) is 9.69 Å². The van der Waals surface area contributed by atoms with Gasteiger partial charge in [-0.15, -0.1) is 0 Å². The predicted molar refractivity (Wildman–Crippen MR) is 110 cm³/mol. The Hall–Kier alpha value is -2.15. The molecule has 1 aliphatic carbocycles. The Morgan fingerprint density at radius 1 is 1.21 bits per heavy atom. The molecular formula is C21H32FN5O. The van der Waals surface area contributed by atoms with Crippen LogP contribution in [0.15, 0.2) is 29.3 Å². The molecule has 0 spiro atoms. The number of hydrogen-bond donors (Lipinski definition) is 2. The molecule has 6 nitrogen and oxygen atoms in total. The van der Waals surface area contributed by atoms with Crippen molar-refractivity contribution in [1.29, 1.82) is 0 Å². The zero-order valence-corrected chi connectivity index (χ0v) is 16.8. The number of rotatable bonds is 7. The molecule has 1 saturated heterocycles. The van der Waals surface area contributed by atoms with E-state index in [2.05, 4.69) is 20.5 Å². The molecule has 0 bridgehead atoms. The number of nitrogens with one attached hydrogen (secondary N) is 2. The van der Waals surface area contributed by atoms with Crippen LogP contribution in [0.5, 0.6) is 0 Å². The van der Waals surface area contributed by atoms with Crippen molar-refractivity contribution < 1.29 is 9.18 Å². The molecule has 2 N–H and O–H groups in total. The zero-order chi connectivity index (χ0) is 19.8. The van der Waals surface area contributed by atoms with Crippen molar-refractivity contribution in [2.45, 2.75) is 32.7 Å². The van der Waals surface area contributed by atoms with Crippen LogP contribution in [0.3, 0.4) is 0 Å². The fraction of sp³-hybridized carbons (Fsp3) is 0.619. The van der Waals surface area contributed by atoms with Gasteiger partial charge in [0, 0.05) is 51.7 Å². The minimum atomic E-state index is -0.236. The van der Waals surface area contributed by atoms with E-state index in [0.717, 1.165) is 70.2 Å². The first-order valence-corrected chi connectivity index (χ1v) is 10.4. The van der Waals surface area contributed by atoms with Crippen molar-refractivity contribution >= 4 is 11.9 Å². The normalized spacial score (nSPS) is 18.6. The highest BCUT2D eigenvalue weighted by Crippen LogP contribution is 2.28. The zero-order valence-electron chi connectivity index (χ0n) is 16.8. The molecule has 1 amide bonds. The lowest BCUT2D eigenvalue weighted by atomic mass is 9.84. The van der Waals surface area contributed by atoms with Gasteiger partial charge in [0.2, 0.25) is 5.91 Å². The van der Waals surface area contributed by atoms with E-state index in [1.54, 1.807) is 6.07 Å². The maximum absolute atomic E-state index is 13.3. The second-order valence-electron chi connectivity index (χ2n) is 7.55. The van der Waals surface area contributed by atoms with Crippen LogP contribution in [0.25, 0.3) is 0 Å². The fourth-order valence-corrected chi connectivity index (χ4v) is 3.59. The number of halogens is 1. The predicted octanol–water partition coefficient (Wildman–Crippen LogP) is 1.83. The number of guanidine groups is 1. The molecule has 0 unspecified atom stereocenters. The summed E-state index contributed by atoms with van der Waals surface area (Å²) < 4.78 is 13.3. The highest BCUT2D eigenvalue weighted by Gasteiger charge is 2.30. The molecule has 154 valence electrons. The number of benzene rings is 1. The molecule has 1 heterocycles. The average Bonchev–Trinajstić information content (AvgIpc) is 2.65. The smallest absolute Gasteiger partial charge is 0.225 e. The van der Waals surface area contributed by atoms with Gasteiger partial charge >= 0.3 is 0 Å². The summed E-state index contributed by atoms with van der Waals surface area (Å²) in [6.07, 6.45) is 3.35. The fourth-order valence-electron chi connectivity index (χ4n) is 3.59. The lowest BCUT2D eigenvalue weighted by Crippen LogP contribution is -2.52. The third-order valence-corrected chi connectivity index (χ3v) is 5.51. The molecule has 0 radical (unpaired) electrons. The molecule has 0 atom stereocenters. The maximum atomic E-state index is 13.3. The second kappa shape index (κ2) is 10.4. The van der Waals surface area contributed by atoms with Crippen LogP contribution in [0.1, 0.15) is 31.7 Å². The number of nitrogens with zero attached hydrogens (tertiary/aromatic N) is 3. The van der Waals surface area contributed by atoms with Crippen LogP contribution in [-0.4, -0.2) is 67.5 Å². The van der Waals surface area contributed by atoms with Gasteiger partial charge in [0.25, 0.3) is 0 Å². The third kappa shape index (κ3) is 5.92. The number of amides is 1. The first-order chi connectivity index (χ1) is 13.7. The standard InChI is InChI=1S/C21H32FN5O/c1-2-23-21(25-16-17-5-3-8-19(22)15-17)24-9-10-26-11-13-27(14-12-26)20(28)18-6-4-7-18/h3,5,8,15,18H,2,4,6-7,9-14,16H2,1H3,(H2,23,24,25). The first-order valence-electron chi connectivity index (χ1n) is 10.4. The lowest BCUT2D eigenvalue weighted by Gasteiger charge is -2.38. The van der Waals surface area contributed by atoms with E-state index in [0.29, 0.717) is 18.4 Å². The van der Waals surface area contributed by atoms with Crippen LogP contribution in [0.4, 0.5) is 4.39 Å². The molecule has 1 aromatic rings. The van der Waals surface area contributed by atoms with Crippen LogP contribution >= 0.6 is 0 Å². The molecule has 3 rings (SSSR count). The minimum absolute atomic E-state index is 0.236. The van der Waals surface area contributed by atoms with Crippen molar-refractivity contribution in [2.75, 3.05) is 45.8 Å². The molecule has 2 fully saturated rings. The number of aliphatic imine (C=N–C) groups is 1. The van der Waals surface area contributed by atoms with Gasteiger partial charge in [0.05, 0.1) is 6.54 Å². The number of piperazine rings is 1. The van der Waals surface area contributed by atoms with E-state index < -0.39 is 0 Å².